The fourth-order valence-electron chi connectivity index (χ4n) is 7.94. The summed E-state index contributed by atoms with van der Waals surface area (Å²) in [5.41, 5.74) is 8.95. The molecular formula is C47H47ClN10O4S. The molecule has 4 N–H and O–H groups in total. The van der Waals surface area contributed by atoms with Crippen molar-refractivity contribution >= 4 is 63.0 Å². The van der Waals surface area contributed by atoms with Crippen LogP contribution in [0.5, 0.6) is 0 Å². The van der Waals surface area contributed by atoms with E-state index in [0.29, 0.717) is 38.9 Å². The Labute approximate surface area is 372 Å². The maximum Gasteiger partial charge on any atom is 0.253 e. The van der Waals surface area contributed by atoms with Gasteiger partial charge in [0.15, 0.2) is 5.82 Å². The summed E-state index contributed by atoms with van der Waals surface area (Å²) in [5.74, 6) is 0.405. The SMILES string of the molecule is Cc1cc(C)c(CNC(=O)c2cc(-c3ccc(NC(=O)CCNC(=O)C[C@@H]4N=C(c5ccc(Cl)cc5)c5c(sc(C)c5C)-n5c(C)nnc54)cc3)cc3c2cnn3C(C)C)c(=O)[nH]1. The molecule has 1 aliphatic heterocycles. The molecule has 0 saturated heterocycles. The first kappa shape index (κ1) is 43.0. The molecule has 4 aromatic heterocycles. The van der Waals surface area contributed by atoms with E-state index in [2.05, 4.69) is 50.1 Å². The molecule has 1 aliphatic rings. The number of aromatic nitrogens is 6. The minimum absolute atomic E-state index is 0.00459. The van der Waals surface area contributed by atoms with Crippen molar-refractivity contribution in [3.8, 4) is 16.1 Å². The van der Waals surface area contributed by atoms with Crippen molar-refractivity contribution in [2.24, 2.45) is 4.99 Å². The number of hydrogen-bond donors (Lipinski definition) is 4. The number of carbonyl (C=O) groups excluding carboxylic acids is 3. The second-order valence-electron chi connectivity index (χ2n) is 16.1. The molecule has 0 fully saturated rings. The molecule has 0 saturated carbocycles. The summed E-state index contributed by atoms with van der Waals surface area (Å²) in [7, 11) is 0. The van der Waals surface area contributed by atoms with Gasteiger partial charge in [-0.1, -0.05) is 35.9 Å². The number of aliphatic imine (C=N–C) groups is 1. The van der Waals surface area contributed by atoms with Gasteiger partial charge in [0, 0.05) is 68.9 Å². The van der Waals surface area contributed by atoms with E-state index in [9.17, 15) is 19.2 Å². The maximum atomic E-state index is 13.7. The molecule has 3 amide bonds. The molecule has 7 aromatic rings. The standard InChI is InChI=1S/C47H47ClN10O4S/c1-24(2)58-39-20-32(19-35(37(39)23-51-58)45(61)50-22-36-25(3)18-26(4)52-46(36)62)30-10-14-34(15-11-30)53-40(59)16-17-49-41(60)21-38-44-56-55-29(7)57(44)47-42(27(5)28(6)63-47)43(54-38)31-8-12-33(48)13-9-31/h8-15,18-20,23-24,38H,16-17,21-22H2,1-7H3,(H,49,60)(H,50,61)(H,52,62)(H,53,59)/t38-/m0/s1. The lowest BCUT2D eigenvalue weighted by Gasteiger charge is -2.14. The number of fused-ring (bicyclic) bond motifs is 4. The number of thiophene rings is 1. The summed E-state index contributed by atoms with van der Waals surface area (Å²) >= 11 is 7.89. The zero-order valence-corrected chi connectivity index (χ0v) is 37.6. The van der Waals surface area contributed by atoms with Gasteiger partial charge < -0.3 is 20.9 Å². The quantitative estimate of drug-likeness (QED) is 0.0955. The van der Waals surface area contributed by atoms with Crippen LogP contribution in [0.15, 0.2) is 82.7 Å². The number of anilines is 1. The minimum Gasteiger partial charge on any atom is -0.356 e. The number of pyridine rings is 1. The molecule has 0 bridgehead atoms. The predicted octanol–water partition coefficient (Wildman–Crippen LogP) is 8.17. The molecule has 8 rings (SSSR count). The van der Waals surface area contributed by atoms with Crippen molar-refractivity contribution in [3.05, 3.63) is 144 Å². The molecule has 0 spiro atoms. The number of rotatable bonds is 12. The molecule has 322 valence electrons. The Kier molecular flexibility index (Phi) is 12.0. The number of nitrogens with zero attached hydrogens (tertiary/aromatic N) is 6. The van der Waals surface area contributed by atoms with E-state index in [4.69, 9.17) is 16.6 Å². The molecule has 16 heteroatoms. The summed E-state index contributed by atoms with van der Waals surface area (Å²) in [6.45, 7) is 13.9. The second kappa shape index (κ2) is 17.6. The average molecular weight is 883 g/mol. The average Bonchev–Trinajstić information content (AvgIpc) is 3.91. The zero-order chi connectivity index (χ0) is 44.7. The van der Waals surface area contributed by atoms with Crippen molar-refractivity contribution in [3.63, 3.8) is 0 Å². The first-order chi connectivity index (χ1) is 30.2. The first-order valence-electron chi connectivity index (χ1n) is 20.7. The van der Waals surface area contributed by atoms with E-state index in [1.807, 2.05) is 98.5 Å². The normalized spacial score (nSPS) is 13.3. The van der Waals surface area contributed by atoms with Crippen molar-refractivity contribution in [2.75, 3.05) is 11.9 Å². The number of aryl methyl sites for hydroxylation is 4. The lowest BCUT2D eigenvalue weighted by atomic mass is 9.99. The predicted molar refractivity (Wildman–Crippen MR) is 247 cm³/mol. The first-order valence-corrected chi connectivity index (χ1v) is 21.9. The highest BCUT2D eigenvalue weighted by Crippen LogP contribution is 2.40. The fourth-order valence-corrected chi connectivity index (χ4v) is 9.28. The van der Waals surface area contributed by atoms with Crippen LogP contribution in [-0.4, -0.2) is 59.5 Å². The van der Waals surface area contributed by atoms with Crippen LogP contribution in [0.2, 0.25) is 5.02 Å². The van der Waals surface area contributed by atoms with Gasteiger partial charge in [-0.05, 0) is 113 Å². The summed E-state index contributed by atoms with van der Waals surface area (Å²) in [5, 5.41) is 24.5. The number of amides is 3. The van der Waals surface area contributed by atoms with Crippen LogP contribution in [-0.2, 0) is 16.1 Å². The Morgan fingerprint density at radius 1 is 0.889 bits per heavy atom. The summed E-state index contributed by atoms with van der Waals surface area (Å²) < 4.78 is 3.87. The van der Waals surface area contributed by atoms with Crippen LogP contribution < -0.4 is 21.5 Å². The Morgan fingerprint density at radius 3 is 2.33 bits per heavy atom. The Hall–Kier alpha value is -6.71. The van der Waals surface area contributed by atoms with Crippen LogP contribution in [0.3, 0.4) is 0 Å². The van der Waals surface area contributed by atoms with Gasteiger partial charge in [0.1, 0.15) is 16.9 Å². The smallest absolute Gasteiger partial charge is 0.253 e. The highest BCUT2D eigenvalue weighted by atomic mass is 35.5. The van der Waals surface area contributed by atoms with Gasteiger partial charge in [0.25, 0.3) is 11.5 Å². The maximum absolute atomic E-state index is 13.7. The van der Waals surface area contributed by atoms with Crippen LogP contribution in [0.25, 0.3) is 27.0 Å². The third kappa shape index (κ3) is 8.71. The van der Waals surface area contributed by atoms with Gasteiger partial charge in [-0.2, -0.15) is 5.10 Å². The van der Waals surface area contributed by atoms with Crippen LogP contribution in [0.4, 0.5) is 5.69 Å². The second-order valence-corrected chi connectivity index (χ2v) is 17.7. The number of halogens is 1. The number of hydrogen-bond acceptors (Lipinski definition) is 9. The molecule has 3 aromatic carbocycles. The van der Waals surface area contributed by atoms with Gasteiger partial charge in [-0.15, -0.1) is 21.5 Å². The number of H-pyrrole nitrogens is 1. The summed E-state index contributed by atoms with van der Waals surface area (Å²) in [6, 6.07) is 20.0. The van der Waals surface area contributed by atoms with E-state index >= 15 is 0 Å². The Morgan fingerprint density at radius 2 is 1.62 bits per heavy atom. The zero-order valence-electron chi connectivity index (χ0n) is 36.0. The third-order valence-electron chi connectivity index (χ3n) is 11.3. The van der Waals surface area contributed by atoms with E-state index < -0.39 is 6.04 Å². The molecule has 14 nitrogen and oxygen atoms in total. The number of aromatic amines is 1. The van der Waals surface area contributed by atoms with Crippen molar-refractivity contribution in [1.82, 2.24) is 40.2 Å². The van der Waals surface area contributed by atoms with Gasteiger partial charge in [-0.25, -0.2) is 0 Å². The molecule has 0 unspecified atom stereocenters. The lowest BCUT2D eigenvalue weighted by molar-refractivity contribution is -0.121. The molecule has 63 heavy (non-hydrogen) atoms. The summed E-state index contributed by atoms with van der Waals surface area (Å²) in [6.07, 6.45) is 1.74. The Balaban J connectivity index is 0.933. The van der Waals surface area contributed by atoms with Gasteiger partial charge >= 0.3 is 0 Å². The minimum atomic E-state index is -0.630. The molecule has 0 aliphatic carbocycles. The van der Waals surface area contributed by atoms with Gasteiger partial charge in [0.05, 0.1) is 29.4 Å². The number of benzene rings is 3. The molecular weight excluding hydrogens is 836 g/mol. The van der Waals surface area contributed by atoms with Crippen LogP contribution in [0.1, 0.15) is 99.2 Å². The highest BCUT2D eigenvalue weighted by Gasteiger charge is 2.32. The number of nitrogens with one attached hydrogen (secondary N) is 4. The molecule has 5 heterocycles. The largest absolute Gasteiger partial charge is 0.356 e. The molecule has 0 radical (unpaired) electrons. The fraction of sp³-hybridized carbons (Fsp3) is 0.277. The highest BCUT2D eigenvalue weighted by molar-refractivity contribution is 7.15. The lowest BCUT2D eigenvalue weighted by Crippen LogP contribution is -2.29. The van der Waals surface area contributed by atoms with Crippen molar-refractivity contribution < 1.29 is 14.4 Å². The van der Waals surface area contributed by atoms with E-state index in [-0.39, 0.29) is 55.3 Å². The van der Waals surface area contributed by atoms with Gasteiger partial charge in [-0.3, -0.25) is 33.4 Å². The molecule has 1 atom stereocenters. The topological polar surface area (TPSA) is 181 Å². The summed E-state index contributed by atoms with van der Waals surface area (Å²) in [4.78, 5) is 62.1. The Bertz CT molecular complexity index is 3010. The van der Waals surface area contributed by atoms with Crippen LogP contribution >= 0.6 is 22.9 Å². The van der Waals surface area contributed by atoms with Crippen molar-refractivity contribution in [1.29, 1.82) is 0 Å². The monoisotopic (exact) mass is 882 g/mol. The van der Waals surface area contributed by atoms with Crippen LogP contribution in [0, 0.1) is 34.6 Å². The number of carbonyl (C=O) groups is 3. The van der Waals surface area contributed by atoms with E-state index in [1.54, 1.807) is 29.7 Å². The van der Waals surface area contributed by atoms with E-state index in [1.165, 1.54) is 0 Å². The van der Waals surface area contributed by atoms with Crippen molar-refractivity contribution in [2.45, 2.75) is 79.9 Å². The van der Waals surface area contributed by atoms with Gasteiger partial charge in [0.2, 0.25) is 11.8 Å². The third-order valence-corrected chi connectivity index (χ3v) is 12.7. The van der Waals surface area contributed by atoms with E-state index in [0.717, 1.165) is 60.2 Å².